The molecule has 0 N–H and O–H groups in total. The molecule has 0 saturated carbocycles. The van der Waals surface area contributed by atoms with Gasteiger partial charge >= 0.3 is 0 Å². The predicted molar refractivity (Wildman–Crippen MR) is 103 cm³/mol. The smallest absolute Gasteiger partial charge is 0.130 e. The Kier molecular flexibility index (Phi) is 4.37. The monoisotopic (exact) mass is 392 g/mol. The first kappa shape index (κ1) is 16.0. The lowest BCUT2D eigenvalue weighted by Gasteiger charge is -2.33. The van der Waals surface area contributed by atoms with Crippen molar-refractivity contribution in [1.82, 2.24) is 9.97 Å². The van der Waals surface area contributed by atoms with Gasteiger partial charge in [-0.25, -0.2) is 4.98 Å². The highest BCUT2D eigenvalue weighted by Gasteiger charge is 2.23. The molecule has 0 amide bonds. The minimum atomic E-state index is 0.405. The van der Waals surface area contributed by atoms with Crippen LogP contribution in [0.25, 0.3) is 10.9 Å². The Hall–Kier alpha value is -2.45. The quantitative estimate of drug-likeness (QED) is 0.636. The lowest BCUT2D eigenvalue weighted by atomic mass is 9.94. The molecule has 4 rings (SSSR count). The average molecular weight is 393 g/mol. The van der Waals surface area contributed by atoms with Crippen molar-refractivity contribution in [2.75, 3.05) is 18.0 Å². The van der Waals surface area contributed by atoms with Gasteiger partial charge in [-0.3, -0.25) is 4.98 Å². The molecule has 1 aliphatic heterocycles. The van der Waals surface area contributed by atoms with Crippen molar-refractivity contribution >= 4 is 32.7 Å². The Morgan fingerprint density at radius 3 is 2.92 bits per heavy atom. The van der Waals surface area contributed by atoms with E-state index in [0.717, 1.165) is 52.8 Å². The van der Waals surface area contributed by atoms with Crippen molar-refractivity contribution < 1.29 is 0 Å². The number of benzene rings is 1. The van der Waals surface area contributed by atoms with E-state index in [1.807, 2.05) is 42.6 Å². The standard InChI is InChI=1S/C20H17BrN4/c21-16-6-7-19-17(11-16)15(12-22)10-20(24-19)25-9-3-4-14(13-25)18-5-1-2-8-23-18/h1-2,5-8,10-11,14H,3-4,9,13H2. The van der Waals surface area contributed by atoms with Gasteiger partial charge in [0.15, 0.2) is 0 Å². The van der Waals surface area contributed by atoms with Crippen LogP contribution in [-0.4, -0.2) is 23.1 Å². The molecule has 1 aromatic carbocycles. The molecule has 1 atom stereocenters. The Balaban J connectivity index is 1.69. The number of rotatable bonds is 2. The number of halogens is 1. The molecule has 1 aliphatic rings. The Bertz CT molecular complexity index is 949. The second-order valence-electron chi connectivity index (χ2n) is 6.34. The van der Waals surface area contributed by atoms with Crippen molar-refractivity contribution in [2.24, 2.45) is 0 Å². The van der Waals surface area contributed by atoms with Gasteiger partial charge < -0.3 is 4.90 Å². The number of anilines is 1. The summed E-state index contributed by atoms with van der Waals surface area (Å²) in [6.45, 7) is 1.85. The number of fused-ring (bicyclic) bond motifs is 1. The van der Waals surface area contributed by atoms with E-state index >= 15 is 0 Å². The van der Waals surface area contributed by atoms with E-state index < -0.39 is 0 Å². The number of hydrogen-bond donors (Lipinski definition) is 0. The summed E-state index contributed by atoms with van der Waals surface area (Å²) in [6.07, 6.45) is 4.09. The van der Waals surface area contributed by atoms with Gasteiger partial charge in [0.05, 0.1) is 17.1 Å². The highest BCUT2D eigenvalue weighted by molar-refractivity contribution is 9.10. The van der Waals surface area contributed by atoms with Crippen LogP contribution in [-0.2, 0) is 0 Å². The molecule has 1 fully saturated rings. The highest BCUT2D eigenvalue weighted by atomic mass is 79.9. The molecule has 25 heavy (non-hydrogen) atoms. The topological polar surface area (TPSA) is 52.8 Å². The van der Waals surface area contributed by atoms with Gasteiger partial charge in [-0.15, -0.1) is 0 Å². The van der Waals surface area contributed by atoms with Gasteiger partial charge in [0.25, 0.3) is 0 Å². The number of nitriles is 1. The number of piperidine rings is 1. The van der Waals surface area contributed by atoms with Gasteiger partial charge in [0.1, 0.15) is 5.82 Å². The van der Waals surface area contributed by atoms with E-state index in [-0.39, 0.29) is 0 Å². The van der Waals surface area contributed by atoms with Crippen molar-refractivity contribution in [2.45, 2.75) is 18.8 Å². The third-order valence-electron chi connectivity index (χ3n) is 4.73. The maximum absolute atomic E-state index is 9.56. The summed E-state index contributed by atoms with van der Waals surface area (Å²) in [5, 5.41) is 10.4. The van der Waals surface area contributed by atoms with Crippen LogP contribution in [0.3, 0.4) is 0 Å². The molecule has 3 heterocycles. The van der Waals surface area contributed by atoms with Crippen LogP contribution in [0, 0.1) is 11.3 Å². The van der Waals surface area contributed by atoms with Crippen LogP contribution in [0.4, 0.5) is 5.82 Å². The number of pyridine rings is 2. The minimum absolute atomic E-state index is 0.405. The predicted octanol–water partition coefficient (Wildman–Crippen LogP) is 4.65. The molecular weight excluding hydrogens is 376 g/mol. The van der Waals surface area contributed by atoms with Gasteiger partial charge in [-0.1, -0.05) is 22.0 Å². The Labute approximate surface area is 155 Å². The number of aromatic nitrogens is 2. The molecule has 2 aromatic heterocycles. The van der Waals surface area contributed by atoms with Gasteiger partial charge in [-0.05, 0) is 49.2 Å². The summed E-state index contributed by atoms with van der Waals surface area (Å²) in [5.41, 5.74) is 2.66. The lowest BCUT2D eigenvalue weighted by Crippen LogP contribution is -2.35. The van der Waals surface area contributed by atoms with E-state index in [4.69, 9.17) is 4.98 Å². The third-order valence-corrected chi connectivity index (χ3v) is 5.22. The summed E-state index contributed by atoms with van der Waals surface area (Å²) < 4.78 is 0.958. The normalized spacial score (nSPS) is 17.4. The van der Waals surface area contributed by atoms with Gasteiger partial charge in [-0.2, -0.15) is 5.26 Å². The van der Waals surface area contributed by atoms with Gasteiger partial charge in [0.2, 0.25) is 0 Å². The van der Waals surface area contributed by atoms with Crippen molar-refractivity contribution in [3.8, 4) is 6.07 Å². The summed E-state index contributed by atoms with van der Waals surface area (Å²) in [6, 6.07) is 16.2. The van der Waals surface area contributed by atoms with Gasteiger partial charge in [0, 0.05) is 40.8 Å². The fourth-order valence-corrected chi connectivity index (χ4v) is 3.84. The zero-order chi connectivity index (χ0) is 17.2. The molecular formula is C20H17BrN4. The number of nitrogens with zero attached hydrogens (tertiary/aromatic N) is 4. The summed E-state index contributed by atoms with van der Waals surface area (Å²) in [5.74, 6) is 1.29. The first-order valence-corrected chi connectivity index (χ1v) is 9.20. The maximum Gasteiger partial charge on any atom is 0.130 e. The first-order valence-electron chi connectivity index (χ1n) is 8.41. The Morgan fingerprint density at radius 2 is 2.12 bits per heavy atom. The van der Waals surface area contributed by atoms with Crippen LogP contribution in [0.15, 0.2) is 53.1 Å². The molecule has 0 bridgehead atoms. The van der Waals surface area contributed by atoms with Crippen molar-refractivity contribution in [3.63, 3.8) is 0 Å². The van der Waals surface area contributed by atoms with Crippen LogP contribution in [0.1, 0.15) is 30.0 Å². The minimum Gasteiger partial charge on any atom is -0.356 e. The van der Waals surface area contributed by atoms with Crippen molar-refractivity contribution in [1.29, 1.82) is 5.26 Å². The highest BCUT2D eigenvalue weighted by Crippen LogP contribution is 2.31. The van der Waals surface area contributed by atoms with E-state index in [0.29, 0.717) is 11.5 Å². The van der Waals surface area contributed by atoms with Crippen LogP contribution >= 0.6 is 15.9 Å². The largest absolute Gasteiger partial charge is 0.356 e. The molecule has 0 aliphatic carbocycles. The van der Waals surface area contributed by atoms with Crippen LogP contribution < -0.4 is 4.90 Å². The maximum atomic E-state index is 9.56. The zero-order valence-corrected chi connectivity index (χ0v) is 15.3. The fraction of sp³-hybridized carbons (Fsp3) is 0.250. The second kappa shape index (κ2) is 6.81. The second-order valence-corrected chi connectivity index (χ2v) is 7.26. The molecule has 5 heteroatoms. The first-order chi connectivity index (χ1) is 12.2. The molecule has 124 valence electrons. The van der Waals surface area contributed by atoms with Crippen molar-refractivity contribution in [3.05, 3.63) is 64.4 Å². The summed E-state index contributed by atoms with van der Waals surface area (Å²) >= 11 is 3.47. The molecule has 1 saturated heterocycles. The van der Waals surface area contributed by atoms with E-state index in [1.54, 1.807) is 0 Å². The Morgan fingerprint density at radius 1 is 1.20 bits per heavy atom. The molecule has 3 aromatic rings. The van der Waals surface area contributed by atoms with E-state index in [2.05, 4.69) is 37.9 Å². The molecule has 4 nitrogen and oxygen atoms in total. The lowest BCUT2D eigenvalue weighted by molar-refractivity contribution is 0.499. The SMILES string of the molecule is N#Cc1cc(N2CCCC(c3ccccn3)C2)nc2ccc(Br)cc12. The fourth-order valence-electron chi connectivity index (χ4n) is 3.48. The van der Waals surface area contributed by atoms with Crippen LogP contribution in [0.5, 0.6) is 0 Å². The van der Waals surface area contributed by atoms with E-state index in [9.17, 15) is 5.26 Å². The zero-order valence-electron chi connectivity index (χ0n) is 13.7. The molecule has 0 spiro atoms. The average Bonchev–Trinajstić information content (AvgIpc) is 2.68. The third kappa shape index (κ3) is 3.22. The van der Waals surface area contributed by atoms with E-state index in [1.165, 1.54) is 0 Å². The molecule has 0 radical (unpaired) electrons. The summed E-state index contributed by atoms with van der Waals surface area (Å²) in [7, 11) is 0. The number of hydrogen-bond acceptors (Lipinski definition) is 4. The summed E-state index contributed by atoms with van der Waals surface area (Å²) in [4.78, 5) is 11.6. The molecule has 1 unspecified atom stereocenters. The van der Waals surface area contributed by atoms with Crippen LogP contribution in [0.2, 0.25) is 0 Å².